The van der Waals surface area contributed by atoms with Gasteiger partial charge in [0.05, 0.1) is 20.9 Å². The summed E-state index contributed by atoms with van der Waals surface area (Å²) in [5.74, 6) is 0.501. The smallest absolute Gasteiger partial charge is 0.165 e. The van der Waals surface area contributed by atoms with E-state index in [1.165, 1.54) is 23.1 Å². The zero-order chi connectivity index (χ0) is 19.5. The van der Waals surface area contributed by atoms with E-state index >= 15 is 0 Å². The Morgan fingerprint density at radius 1 is 1.18 bits per heavy atom. The molecule has 0 bridgehead atoms. The lowest BCUT2D eigenvalue weighted by atomic mass is 10.1. The molecule has 3 N–H and O–H groups in total. The van der Waals surface area contributed by atoms with Crippen LogP contribution in [0.3, 0.4) is 0 Å². The first kappa shape index (κ1) is 18.9. The van der Waals surface area contributed by atoms with Gasteiger partial charge in [-0.15, -0.1) is 11.3 Å². The summed E-state index contributed by atoms with van der Waals surface area (Å²) in [7, 11) is 0. The highest BCUT2D eigenvalue weighted by Gasteiger charge is 2.16. The van der Waals surface area contributed by atoms with Crippen LogP contribution in [0.1, 0.15) is 5.56 Å². The second-order valence-corrected chi connectivity index (χ2v) is 8.08. The number of nitrogens with one attached hydrogen (secondary N) is 1. The summed E-state index contributed by atoms with van der Waals surface area (Å²) >= 11 is 5.04. The summed E-state index contributed by atoms with van der Waals surface area (Å²) in [6.07, 6.45) is 3.44. The molecule has 142 valence electrons. The van der Waals surface area contributed by atoms with Crippen LogP contribution in [0.15, 0.2) is 58.6 Å². The third kappa shape index (κ3) is 4.04. The molecule has 4 rings (SSSR count). The van der Waals surface area contributed by atoms with E-state index in [1.807, 2.05) is 23.6 Å². The molecule has 0 radical (unpaired) electrons. The normalized spacial score (nSPS) is 12.2. The number of thiophene rings is 1. The lowest BCUT2D eigenvalue weighted by Crippen LogP contribution is -2.31. The summed E-state index contributed by atoms with van der Waals surface area (Å²) in [5.41, 5.74) is 8.53. The largest absolute Gasteiger partial charge is 0.367 e. The van der Waals surface area contributed by atoms with Crippen molar-refractivity contribution < 1.29 is 4.39 Å². The third-order valence-corrected chi connectivity index (χ3v) is 6.14. The summed E-state index contributed by atoms with van der Waals surface area (Å²) in [6, 6.07) is 11.6. The number of hydrogen-bond donors (Lipinski definition) is 2. The van der Waals surface area contributed by atoms with E-state index in [9.17, 15) is 4.39 Å². The molecule has 0 amide bonds. The number of hydrogen-bond acceptors (Lipinski definition) is 6. The van der Waals surface area contributed by atoms with Gasteiger partial charge in [-0.3, -0.25) is 4.98 Å². The van der Waals surface area contributed by atoms with E-state index in [0.717, 1.165) is 27.3 Å². The molecule has 0 aliphatic heterocycles. The van der Waals surface area contributed by atoms with Crippen molar-refractivity contribution in [3.63, 3.8) is 0 Å². The molecule has 1 atom stereocenters. The van der Waals surface area contributed by atoms with Crippen molar-refractivity contribution in [2.75, 3.05) is 11.9 Å². The maximum absolute atomic E-state index is 14.2. The molecule has 0 aliphatic carbocycles. The molecule has 8 heteroatoms. The van der Waals surface area contributed by atoms with Gasteiger partial charge < -0.3 is 11.1 Å². The Morgan fingerprint density at radius 2 is 2.00 bits per heavy atom. The predicted molar refractivity (Wildman–Crippen MR) is 115 cm³/mol. The van der Waals surface area contributed by atoms with Gasteiger partial charge in [-0.2, -0.15) is 0 Å². The molecular formula is C20H17BrFN5S. The van der Waals surface area contributed by atoms with Gasteiger partial charge in [0.15, 0.2) is 11.6 Å². The first-order chi connectivity index (χ1) is 13.6. The Kier molecular flexibility index (Phi) is 5.61. The van der Waals surface area contributed by atoms with E-state index in [-0.39, 0.29) is 6.04 Å². The first-order valence-electron chi connectivity index (χ1n) is 8.70. The van der Waals surface area contributed by atoms with E-state index in [0.29, 0.717) is 23.8 Å². The van der Waals surface area contributed by atoms with Crippen molar-refractivity contribution in [1.29, 1.82) is 0 Å². The molecule has 4 aromatic rings. The molecule has 0 saturated carbocycles. The fourth-order valence-corrected chi connectivity index (χ4v) is 4.43. The van der Waals surface area contributed by atoms with Crippen molar-refractivity contribution in [3.8, 4) is 11.4 Å². The maximum atomic E-state index is 14.2. The summed E-state index contributed by atoms with van der Waals surface area (Å²) in [6.45, 7) is 0.537. The van der Waals surface area contributed by atoms with Gasteiger partial charge in [-0.05, 0) is 34.0 Å². The molecule has 3 heterocycles. The Morgan fingerprint density at radius 3 is 2.79 bits per heavy atom. The highest BCUT2D eigenvalue weighted by molar-refractivity contribution is 9.10. The van der Waals surface area contributed by atoms with Crippen molar-refractivity contribution >= 4 is 43.3 Å². The maximum Gasteiger partial charge on any atom is 0.165 e. The van der Waals surface area contributed by atoms with Crippen molar-refractivity contribution in [2.45, 2.75) is 12.5 Å². The molecule has 5 nitrogen and oxygen atoms in total. The Bertz CT molecular complexity index is 1100. The molecule has 3 aromatic heterocycles. The lowest BCUT2D eigenvalue weighted by Gasteiger charge is -2.14. The standard InChI is InChI=1S/C20H17BrFN5S/c21-15-11-28-18-17(15)26-19(14-6-7-24-10-16(14)22)27-20(18)25-9-13(23)8-12-4-2-1-3-5-12/h1-7,10-11,13H,8-9,23H2,(H,25,26,27). The molecule has 28 heavy (non-hydrogen) atoms. The van der Waals surface area contributed by atoms with Crippen LogP contribution in [-0.4, -0.2) is 27.5 Å². The second kappa shape index (κ2) is 8.30. The SMILES string of the molecule is NC(CNc1nc(-c2ccncc2F)nc2c(Br)csc12)Cc1ccccc1. The number of anilines is 1. The molecule has 0 aliphatic rings. The average molecular weight is 458 g/mol. The Hall–Kier alpha value is -2.42. The van der Waals surface area contributed by atoms with E-state index in [4.69, 9.17) is 5.73 Å². The fourth-order valence-electron chi connectivity index (χ4n) is 2.90. The quantitative estimate of drug-likeness (QED) is 0.441. The van der Waals surface area contributed by atoms with Gasteiger partial charge in [0, 0.05) is 24.2 Å². The van der Waals surface area contributed by atoms with Gasteiger partial charge in [0.25, 0.3) is 0 Å². The van der Waals surface area contributed by atoms with E-state index in [2.05, 4.69) is 48.3 Å². The Labute approximate surface area is 174 Å². The van der Waals surface area contributed by atoms with Gasteiger partial charge in [-0.1, -0.05) is 30.3 Å². The Balaban J connectivity index is 1.62. The minimum absolute atomic E-state index is 0.0862. The molecular weight excluding hydrogens is 441 g/mol. The lowest BCUT2D eigenvalue weighted by molar-refractivity contribution is 0.623. The number of pyridine rings is 1. The van der Waals surface area contributed by atoms with Crippen LogP contribution < -0.4 is 11.1 Å². The van der Waals surface area contributed by atoms with Gasteiger partial charge >= 0.3 is 0 Å². The predicted octanol–water partition coefficient (Wildman–Crippen LogP) is 4.64. The van der Waals surface area contributed by atoms with Crippen LogP contribution in [0.4, 0.5) is 10.2 Å². The summed E-state index contributed by atoms with van der Waals surface area (Å²) < 4.78 is 15.9. The number of benzene rings is 1. The molecule has 0 fully saturated rings. The average Bonchev–Trinajstić information content (AvgIpc) is 3.08. The highest BCUT2D eigenvalue weighted by Crippen LogP contribution is 2.35. The number of aromatic nitrogens is 3. The number of nitrogens with two attached hydrogens (primary N) is 1. The highest BCUT2D eigenvalue weighted by atomic mass is 79.9. The number of rotatable bonds is 6. The molecule has 0 spiro atoms. The van der Waals surface area contributed by atoms with Crippen LogP contribution in [0.5, 0.6) is 0 Å². The van der Waals surface area contributed by atoms with Crippen molar-refractivity contribution in [3.05, 3.63) is 70.0 Å². The van der Waals surface area contributed by atoms with Crippen LogP contribution >= 0.6 is 27.3 Å². The zero-order valence-corrected chi connectivity index (χ0v) is 17.2. The summed E-state index contributed by atoms with van der Waals surface area (Å²) in [5, 5.41) is 5.27. The fraction of sp³-hybridized carbons (Fsp3) is 0.150. The molecule has 1 aromatic carbocycles. The monoisotopic (exact) mass is 457 g/mol. The van der Waals surface area contributed by atoms with Crippen LogP contribution in [0, 0.1) is 5.82 Å². The van der Waals surface area contributed by atoms with E-state index < -0.39 is 5.82 Å². The van der Waals surface area contributed by atoms with Crippen molar-refractivity contribution in [2.24, 2.45) is 5.73 Å². The van der Waals surface area contributed by atoms with Crippen LogP contribution in [0.25, 0.3) is 21.6 Å². The van der Waals surface area contributed by atoms with Crippen LogP contribution in [-0.2, 0) is 6.42 Å². The molecule has 1 unspecified atom stereocenters. The molecule has 0 saturated heterocycles. The first-order valence-corrected chi connectivity index (χ1v) is 10.4. The number of nitrogens with zero attached hydrogens (tertiary/aromatic N) is 3. The van der Waals surface area contributed by atoms with Gasteiger partial charge in [-0.25, -0.2) is 14.4 Å². The van der Waals surface area contributed by atoms with Crippen LogP contribution in [0.2, 0.25) is 0 Å². The number of halogens is 2. The topological polar surface area (TPSA) is 76.7 Å². The van der Waals surface area contributed by atoms with E-state index in [1.54, 1.807) is 6.07 Å². The number of fused-ring (bicyclic) bond motifs is 1. The zero-order valence-electron chi connectivity index (χ0n) is 14.8. The second-order valence-electron chi connectivity index (χ2n) is 6.34. The van der Waals surface area contributed by atoms with Crippen molar-refractivity contribution in [1.82, 2.24) is 15.0 Å². The minimum Gasteiger partial charge on any atom is -0.367 e. The van der Waals surface area contributed by atoms with Gasteiger partial charge in [0.1, 0.15) is 11.3 Å². The van der Waals surface area contributed by atoms with Gasteiger partial charge in [0.2, 0.25) is 0 Å². The third-order valence-electron chi connectivity index (χ3n) is 4.26. The minimum atomic E-state index is -0.458. The summed E-state index contributed by atoms with van der Waals surface area (Å²) in [4.78, 5) is 12.9.